The van der Waals surface area contributed by atoms with Crippen molar-refractivity contribution in [1.29, 1.82) is 0 Å². The van der Waals surface area contributed by atoms with Crippen molar-refractivity contribution in [3.05, 3.63) is 35.4 Å². The van der Waals surface area contributed by atoms with E-state index in [9.17, 15) is 13.2 Å². The second-order valence-electron chi connectivity index (χ2n) is 4.47. The van der Waals surface area contributed by atoms with Gasteiger partial charge in [-0.25, -0.2) is 12.7 Å². The summed E-state index contributed by atoms with van der Waals surface area (Å²) in [4.78, 5) is 11.3. The van der Waals surface area contributed by atoms with Crippen molar-refractivity contribution in [2.24, 2.45) is 5.73 Å². The van der Waals surface area contributed by atoms with Gasteiger partial charge in [-0.3, -0.25) is 4.79 Å². The molecule has 6 nitrogen and oxygen atoms in total. The minimum absolute atomic E-state index is 0.0204. The van der Waals surface area contributed by atoms with Gasteiger partial charge in [0.25, 0.3) is 0 Å². The van der Waals surface area contributed by atoms with E-state index in [2.05, 4.69) is 4.74 Å². The van der Waals surface area contributed by atoms with E-state index in [0.717, 1.165) is 4.31 Å². The number of rotatable bonds is 7. The third-order valence-electron chi connectivity index (χ3n) is 2.92. The number of ether oxygens (including phenoxy) is 1. The van der Waals surface area contributed by atoms with Crippen LogP contribution in [-0.4, -0.2) is 44.4 Å². The lowest BCUT2D eigenvalue weighted by atomic mass is 10.1. The predicted octanol–water partition coefficient (Wildman–Crippen LogP) is 0.645. The summed E-state index contributed by atoms with van der Waals surface area (Å²) < 4.78 is 29.9. The fourth-order valence-electron chi connectivity index (χ4n) is 1.58. The summed E-state index contributed by atoms with van der Waals surface area (Å²) in [5.74, 6) is -0.597. The lowest BCUT2D eigenvalue weighted by Gasteiger charge is -2.16. The third kappa shape index (κ3) is 5.41. The van der Waals surface area contributed by atoms with Gasteiger partial charge in [0.05, 0.1) is 19.3 Å². The van der Waals surface area contributed by atoms with Crippen LogP contribution in [0.2, 0.25) is 0 Å². The Hall–Kier alpha value is -1.51. The van der Waals surface area contributed by atoms with Gasteiger partial charge in [0.15, 0.2) is 0 Å². The number of nitrogens with two attached hydrogens (primary N) is 1. The van der Waals surface area contributed by atoms with E-state index in [1.54, 1.807) is 24.3 Å². The molecule has 0 amide bonds. The lowest BCUT2D eigenvalue weighted by Crippen LogP contribution is -2.30. The largest absolute Gasteiger partial charge is 0.469 e. The van der Waals surface area contributed by atoms with E-state index in [4.69, 9.17) is 18.0 Å². The minimum atomic E-state index is -3.49. The molecule has 0 aliphatic heterocycles. The highest BCUT2D eigenvalue weighted by molar-refractivity contribution is 7.88. The van der Waals surface area contributed by atoms with Gasteiger partial charge in [-0.15, -0.1) is 0 Å². The van der Waals surface area contributed by atoms with Gasteiger partial charge in [-0.1, -0.05) is 36.5 Å². The van der Waals surface area contributed by atoms with Crippen LogP contribution in [0.25, 0.3) is 0 Å². The Labute approximate surface area is 129 Å². The van der Waals surface area contributed by atoms with E-state index >= 15 is 0 Å². The number of nitrogens with zero attached hydrogens (tertiary/aromatic N) is 1. The van der Waals surface area contributed by atoms with Gasteiger partial charge in [0, 0.05) is 19.2 Å². The molecule has 0 atom stereocenters. The molecular formula is C13H18N2O4S2. The van der Waals surface area contributed by atoms with Crippen LogP contribution in [0, 0.1) is 0 Å². The summed E-state index contributed by atoms with van der Waals surface area (Å²) in [7, 11) is -0.793. The summed E-state index contributed by atoms with van der Waals surface area (Å²) >= 11 is 4.83. The molecule has 21 heavy (non-hydrogen) atoms. The molecule has 0 aliphatic rings. The first-order chi connectivity index (χ1) is 9.76. The van der Waals surface area contributed by atoms with Crippen LogP contribution in [0.1, 0.15) is 17.5 Å². The molecule has 0 aromatic heterocycles. The quantitative estimate of drug-likeness (QED) is 0.583. The maximum absolute atomic E-state index is 12.1. The van der Waals surface area contributed by atoms with Crippen LogP contribution in [0.5, 0.6) is 0 Å². The first-order valence-electron chi connectivity index (χ1n) is 6.16. The van der Waals surface area contributed by atoms with Gasteiger partial charge >= 0.3 is 5.97 Å². The van der Waals surface area contributed by atoms with Gasteiger partial charge in [0.2, 0.25) is 10.0 Å². The van der Waals surface area contributed by atoms with Crippen LogP contribution >= 0.6 is 12.2 Å². The smallest absolute Gasteiger partial charge is 0.306 e. The number of hydrogen-bond acceptors (Lipinski definition) is 5. The van der Waals surface area contributed by atoms with Gasteiger partial charge in [-0.05, 0) is 5.56 Å². The van der Waals surface area contributed by atoms with E-state index in [-0.39, 0.29) is 23.7 Å². The van der Waals surface area contributed by atoms with Crippen LogP contribution < -0.4 is 5.73 Å². The highest BCUT2D eigenvalue weighted by Crippen LogP contribution is 2.11. The molecule has 1 aromatic rings. The lowest BCUT2D eigenvalue weighted by molar-refractivity contribution is -0.140. The summed E-state index contributed by atoms with van der Waals surface area (Å²) in [6.45, 7) is 0.0833. The van der Waals surface area contributed by atoms with Crippen molar-refractivity contribution in [1.82, 2.24) is 4.31 Å². The van der Waals surface area contributed by atoms with Crippen molar-refractivity contribution in [3.63, 3.8) is 0 Å². The normalized spacial score (nSPS) is 11.4. The standard InChI is InChI=1S/C13H18N2O4S2/c1-15(8-7-12(16)19-2)21(17,18)9-10-3-5-11(6-4-10)13(14)20/h3-6H,7-9H2,1-2H3,(H2,14,20). The molecule has 0 saturated heterocycles. The number of esters is 1. The monoisotopic (exact) mass is 330 g/mol. The van der Waals surface area contributed by atoms with Crippen molar-refractivity contribution in [3.8, 4) is 0 Å². The van der Waals surface area contributed by atoms with Gasteiger partial charge in [0.1, 0.15) is 4.99 Å². The highest BCUT2D eigenvalue weighted by Gasteiger charge is 2.19. The zero-order chi connectivity index (χ0) is 16.0. The Bertz CT molecular complexity index is 612. The molecular weight excluding hydrogens is 312 g/mol. The molecule has 8 heteroatoms. The number of carbonyl (C=O) groups excluding carboxylic acids is 1. The predicted molar refractivity (Wildman–Crippen MR) is 84.2 cm³/mol. The second-order valence-corrected chi connectivity index (χ2v) is 6.98. The van der Waals surface area contributed by atoms with Gasteiger partial charge < -0.3 is 10.5 Å². The Morgan fingerprint density at radius 2 is 1.90 bits per heavy atom. The number of sulfonamides is 1. The zero-order valence-electron chi connectivity index (χ0n) is 11.9. The average molecular weight is 330 g/mol. The maximum atomic E-state index is 12.1. The number of hydrogen-bond donors (Lipinski definition) is 1. The molecule has 1 aromatic carbocycles. The Morgan fingerprint density at radius 1 is 1.33 bits per heavy atom. The molecule has 0 aliphatic carbocycles. The van der Waals surface area contributed by atoms with Crippen molar-refractivity contribution < 1.29 is 17.9 Å². The number of carbonyl (C=O) groups is 1. The molecule has 0 radical (unpaired) electrons. The van der Waals surface area contributed by atoms with Crippen LogP contribution in [0.3, 0.4) is 0 Å². The van der Waals surface area contributed by atoms with Crippen LogP contribution in [-0.2, 0) is 25.3 Å². The molecule has 1 rings (SSSR count). The molecule has 0 fully saturated rings. The summed E-state index contributed by atoms with van der Waals surface area (Å²) in [6, 6.07) is 6.70. The van der Waals surface area contributed by atoms with Crippen LogP contribution in [0.4, 0.5) is 0 Å². The Morgan fingerprint density at radius 3 is 2.38 bits per heavy atom. The molecule has 116 valence electrons. The molecule has 0 heterocycles. The fraction of sp³-hybridized carbons (Fsp3) is 0.385. The first kappa shape index (κ1) is 17.5. The summed E-state index contributed by atoms with van der Waals surface area (Å²) in [5, 5.41) is 0. The minimum Gasteiger partial charge on any atom is -0.469 e. The topological polar surface area (TPSA) is 89.7 Å². The number of thiocarbonyl (C=S) groups is 1. The van der Waals surface area contributed by atoms with Gasteiger partial charge in [-0.2, -0.15) is 0 Å². The summed E-state index contributed by atoms with van der Waals surface area (Å²) in [6.07, 6.45) is 0.0204. The molecule has 0 spiro atoms. The van der Waals surface area contributed by atoms with Crippen molar-refractivity contribution in [2.75, 3.05) is 20.7 Å². The molecule has 0 bridgehead atoms. The zero-order valence-corrected chi connectivity index (χ0v) is 13.5. The molecule has 0 saturated carbocycles. The second kappa shape index (κ2) is 7.48. The number of benzene rings is 1. The van der Waals surface area contributed by atoms with Crippen molar-refractivity contribution >= 4 is 33.2 Å². The molecule has 0 unspecified atom stereocenters. The summed E-state index contributed by atoms with van der Waals surface area (Å²) in [5.41, 5.74) is 6.79. The SMILES string of the molecule is COC(=O)CCN(C)S(=O)(=O)Cc1ccc(C(N)=S)cc1. The average Bonchev–Trinajstić information content (AvgIpc) is 2.44. The molecule has 2 N–H and O–H groups in total. The van der Waals surface area contributed by atoms with Crippen molar-refractivity contribution in [2.45, 2.75) is 12.2 Å². The van der Waals surface area contributed by atoms with E-state index in [1.807, 2.05) is 0 Å². The fourth-order valence-corrected chi connectivity index (χ4v) is 2.92. The Kier molecular flexibility index (Phi) is 6.25. The third-order valence-corrected chi connectivity index (χ3v) is 4.99. The van der Waals surface area contributed by atoms with E-state index in [1.165, 1.54) is 14.2 Å². The number of methoxy groups -OCH3 is 1. The van der Waals surface area contributed by atoms with Crippen LogP contribution in [0.15, 0.2) is 24.3 Å². The Balaban J connectivity index is 2.70. The maximum Gasteiger partial charge on any atom is 0.306 e. The first-order valence-corrected chi connectivity index (χ1v) is 8.17. The highest BCUT2D eigenvalue weighted by atomic mass is 32.2. The van der Waals surface area contributed by atoms with E-state index < -0.39 is 16.0 Å². The van der Waals surface area contributed by atoms with E-state index in [0.29, 0.717) is 11.1 Å².